The number of amides is 1. The van der Waals surface area contributed by atoms with Crippen molar-refractivity contribution in [2.24, 2.45) is 17.8 Å². The van der Waals surface area contributed by atoms with E-state index in [2.05, 4.69) is 54.1 Å². The molecule has 1 aliphatic heterocycles. The number of rotatable bonds is 6. The Hall–Kier alpha value is -1.55. The van der Waals surface area contributed by atoms with E-state index in [1.807, 2.05) is 0 Å². The van der Waals surface area contributed by atoms with Crippen LogP contribution in [0.3, 0.4) is 0 Å². The minimum Gasteiger partial charge on any atom is -0.369 e. The van der Waals surface area contributed by atoms with E-state index >= 15 is 0 Å². The molecule has 0 radical (unpaired) electrons. The van der Waals surface area contributed by atoms with E-state index in [1.165, 1.54) is 48.9 Å². The maximum absolute atomic E-state index is 12.6. The van der Waals surface area contributed by atoms with E-state index in [1.54, 1.807) is 0 Å². The zero-order valence-electron chi connectivity index (χ0n) is 18.6. The predicted octanol–water partition coefficient (Wildman–Crippen LogP) is 4.15. The largest absolute Gasteiger partial charge is 0.369 e. The van der Waals surface area contributed by atoms with E-state index in [-0.39, 0.29) is 5.92 Å². The molecule has 2 unspecified atom stereocenters. The Bertz CT molecular complexity index is 702. The van der Waals surface area contributed by atoms with Gasteiger partial charge in [-0.15, -0.1) is 0 Å². The summed E-state index contributed by atoms with van der Waals surface area (Å²) < 4.78 is 0. The van der Waals surface area contributed by atoms with Crippen molar-refractivity contribution >= 4 is 11.6 Å². The first kappa shape index (κ1) is 20.7. The number of hydrogen-bond donors (Lipinski definition) is 1. The number of nitrogens with zero attached hydrogens (tertiary/aromatic N) is 2. The van der Waals surface area contributed by atoms with E-state index < -0.39 is 0 Å². The van der Waals surface area contributed by atoms with Gasteiger partial charge in [-0.2, -0.15) is 0 Å². The molecule has 3 fully saturated rings. The molecule has 1 aromatic rings. The number of piperazine rings is 1. The van der Waals surface area contributed by atoms with Crippen molar-refractivity contribution in [2.75, 3.05) is 37.6 Å². The minimum atomic E-state index is 0.274. The van der Waals surface area contributed by atoms with Gasteiger partial charge in [-0.3, -0.25) is 9.69 Å². The summed E-state index contributed by atoms with van der Waals surface area (Å²) in [4.78, 5) is 17.8. The van der Waals surface area contributed by atoms with Crippen molar-refractivity contribution in [2.45, 2.75) is 65.3 Å². The molecule has 0 bridgehead atoms. The number of benzene rings is 1. The molecule has 1 aromatic carbocycles. The van der Waals surface area contributed by atoms with Gasteiger partial charge in [0.2, 0.25) is 5.91 Å². The predicted molar refractivity (Wildman–Crippen MR) is 120 cm³/mol. The molecule has 4 heteroatoms. The number of nitrogens with one attached hydrogen (secondary N) is 1. The summed E-state index contributed by atoms with van der Waals surface area (Å²) in [6.45, 7) is 12.2. The smallest absolute Gasteiger partial charge is 0.223 e. The molecule has 2 saturated carbocycles. The zero-order valence-corrected chi connectivity index (χ0v) is 18.6. The van der Waals surface area contributed by atoms with E-state index in [4.69, 9.17) is 0 Å². The topological polar surface area (TPSA) is 35.6 Å². The minimum absolute atomic E-state index is 0.274. The SMILES string of the molecule is CCC1CCC(NC(=O)C2CC2CN2CCN(c3cc(C)ccc3C)CC2)CC1. The van der Waals surface area contributed by atoms with Gasteiger partial charge in [-0.05, 0) is 75.0 Å². The molecular formula is C25H39N3O. The summed E-state index contributed by atoms with van der Waals surface area (Å²) in [6.07, 6.45) is 7.33. The van der Waals surface area contributed by atoms with E-state index in [0.29, 0.717) is 17.9 Å². The Morgan fingerprint density at radius 2 is 1.79 bits per heavy atom. The first-order chi connectivity index (χ1) is 14.0. The van der Waals surface area contributed by atoms with Crippen molar-refractivity contribution < 1.29 is 4.79 Å². The second-order valence-corrected chi connectivity index (χ2v) is 9.81. The van der Waals surface area contributed by atoms with E-state index in [0.717, 1.165) is 45.1 Å². The summed E-state index contributed by atoms with van der Waals surface area (Å²) in [5.41, 5.74) is 4.10. The van der Waals surface area contributed by atoms with Crippen LogP contribution in [0.1, 0.15) is 56.6 Å². The maximum Gasteiger partial charge on any atom is 0.223 e. The van der Waals surface area contributed by atoms with Crippen LogP contribution in [0, 0.1) is 31.6 Å². The number of carbonyl (C=O) groups is 1. The fraction of sp³-hybridized carbons (Fsp3) is 0.720. The van der Waals surface area contributed by atoms with Gasteiger partial charge in [0.25, 0.3) is 0 Å². The Kier molecular flexibility index (Phi) is 6.48. The summed E-state index contributed by atoms with van der Waals surface area (Å²) in [6, 6.07) is 7.19. The standard InChI is InChI=1S/C25H39N3O/c1-4-20-7-9-22(10-8-20)26-25(29)23-16-21(23)17-27-11-13-28(14-12-27)24-15-18(2)5-6-19(24)3/h5-6,15,20-23H,4,7-14,16-17H2,1-3H3,(H,26,29). The molecule has 1 amide bonds. The second kappa shape index (κ2) is 9.07. The molecule has 29 heavy (non-hydrogen) atoms. The lowest BCUT2D eigenvalue weighted by atomic mass is 9.84. The van der Waals surface area contributed by atoms with Crippen LogP contribution in [0.4, 0.5) is 5.69 Å². The molecule has 4 rings (SSSR count). The highest BCUT2D eigenvalue weighted by Gasteiger charge is 2.44. The monoisotopic (exact) mass is 397 g/mol. The number of hydrogen-bond acceptors (Lipinski definition) is 3. The van der Waals surface area contributed by atoms with Gasteiger partial charge in [-0.25, -0.2) is 0 Å². The van der Waals surface area contributed by atoms with Crippen LogP contribution in [0.25, 0.3) is 0 Å². The third-order valence-electron chi connectivity index (χ3n) is 7.60. The van der Waals surface area contributed by atoms with Crippen molar-refractivity contribution in [3.63, 3.8) is 0 Å². The van der Waals surface area contributed by atoms with Crippen molar-refractivity contribution in [1.82, 2.24) is 10.2 Å². The van der Waals surface area contributed by atoms with Gasteiger partial charge in [0.15, 0.2) is 0 Å². The highest BCUT2D eigenvalue weighted by molar-refractivity contribution is 5.81. The molecule has 2 atom stereocenters. The van der Waals surface area contributed by atoms with Gasteiger partial charge >= 0.3 is 0 Å². The van der Waals surface area contributed by atoms with Gasteiger partial charge in [0.05, 0.1) is 0 Å². The molecule has 0 aromatic heterocycles. The molecule has 1 N–H and O–H groups in total. The first-order valence-corrected chi connectivity index (χ1v) is 11.9. The summed E-state index contributed by atoms with van der Waals surface area (Å²) in [7, 11) is 0. The maximum atomic E-state index is 12.6. The average molecular weight is 398 g/mol. The molecule has 1 heterocycles. The summed E-state index contributed by atoms with van der Waals surface area (Å²) in [5.74, 6) is 2.08. The average Bonchev–Trinajstić information content (AvgIpc) is 3.50. The van der Waals surface area contributed by atoms with Gasteiger partial charge in [0, 0.05) is 50.4 Å². The Balaban J connectivity index is 1.18. The van der Waals surface area contributed by atoms with Gasteiger partial charge < -0.3 is 10.2 Å². The lowest BCUT2D eigenvalue weighted by molar-refractivity contribution is -0.123. The normalized spacial score (nSPS) is 30.2. The van der Waals surface area contributed by atoms with Crippen LogP contribution in [-0.4, -0.2) is 49.6 Å². The fourth-order valence-electron chi connectivity index (χ4n) is 5.36. The first-order valence-electron chi connectivity index (χ1n) is 11.9. The number of carbonyl (C=O) groups excluding carboxylic acids is 1. The van der Waals surface area contributed by atoms with Gasteiger partial charge in [-0.1, -0.05) is 25.5 Å². The number of anilines is 1. The molecule has 0 spiro atoms. The molecular weight excluding hydrogens is 358 g/mol. The highest BCUT2D eigenvalue weighted by Crippen LogP contribution is 2.40. The van der Waals surface area contributed by atoms with Crippen LogP contribution in [0.15, 0.2) is 18.2 Å². The quantitative estimate of drug-likeness (QED) is 0.783. The number of aryl methyl sites for hydroxylation is 2. The zero-order chi connectivity index (χ0) is 20.4. The fourth-order valence-corrected chi connectivity index (χ4v) is 5.36. The molecule has 160 valence electrons. The Morgan fingerprint density at radius 1 is 1.07 bits per heavy atom. The van der Waals surface area contributed by atoms with E-state index in [9.17, 15) is 4.79 Å². The highest BCUT2D eigenvalue weighted by atomic mass is 16.2. The van der Waals surface area contributed by atoms with Crippen LogP contribution >= 0.6 is 0 Å². The van der Waals surface area contributed by atoms with Crippen LogP contribution in [0.5, 0.6) is 0 Å². The lowest BCUT2D eigenvalue weighted by Gasteiger charge is -2.37. The van der Waals surface area contributed by atoms with Crippen molar-refractivity contribution in [1.29, 1.82) is 0 Å². The molecule has 3 aliphatic rings. The second-order valence-electron chi connectivity index (χ2n) is 9.81. The van der Waals surface area contributed by atoms with Crippen molar-refractivity contribution in [3.8, 4) is 0 Å². The molecule has 4 nitrogen and oxygen atoms in total. The third kappa shape index (κ3) is 5.14. The summed E-state index contributed by atoms with van der Waals surface area (Å²) in [5, 5.41) is 3.37. The third-order valence-corrected chi connectivity index (χ3v) is 7.60. The summed E-state index contributed by atoms with van der Waals surface area (Å²) >= 11 is 0. The Labute approximate surface area is 177 Å². The van der Waals surface area contributed by atoms with Crippen molar-refractivity contribution in [3.05, 3.63) is 29.3 Å². The Morgan fingerprint density at radius 3 is 2.48 bits per heavy atom. The van der Waals surface area contributed by atoms with Gasteiger partial charge in [0.1, 0.15) is 0 Å². The van der Waals surface area contributed by atoms with Crippen LogP contribution in [-0.2, 0) is 4.79 Å². The van der Waals surface area contributed by atoms with Crippen LogP contribution in [0.2, 0.25) is 0 Å². The van der Waals surface area contributed by atoms with Crippen LogP contribution < -0.4 is 10.2 Å². The lowest BCUT2D eigenvalue weighted by Crippen LogP contribution is -2.47. The molecule has 1 saturated heterocycles. The molecule has 2 aliphatic carbocycles.